The van der Waals surface area contributed by atoms with E-state index < -0.39 is 4.92 Å². The van der Waals surface area contributed by atoms with Gasteiger partial charge in [0.1, 0.15) is 0 Å². The molecule has 0 bridgehead atoms. The third kappa shape index (κ3) is 2.78. The van der Waals surface area contributed by atoms with Crippen molar-refractivity contribution in [1.29, 1.82) is 0 Å². The number of thiophene rings is 1. The Morgan fingerprint density at radius 2 is 1.94 bits per heavy atom. The lowest BCUT2D eigenvalue weighted by Gasteiger charge is -1.89. The first-order valence-corrected chi connectivity index (χ1v) is 5.22. The molecule has 0 saturated carbocycles. The minimum absolute atomic E-state index is 0.00564. The van der Waals surface area contributed by atoms with Gasteiger partial charge in [-0.1, -0.05) is 11.3 Å². The van der Waals surface area contributed by atoms with E-state index in [0.717, 1.165) is 16.2 Å². The Kier molecular flexibility index (Phi) is 3.01. The number of rotatable bonds is 3. The summed E-state index contributed by atoms with van der Waals surface area (Å²) in [7, 11) is 0. The smallest absolute Gasteiger partial charge is 0.324 e. The molecule has 2 heterocycles. The van der Waals surface area contributed by atoms with Gasteiger partial charge in [0.15, 0.2) is 5.82 Å². The average Bonchev–Trinajstić information content (AvgIpc) is 2.77. The van der Waals surface area contributed by atoms with Gasteiger partial charge in [0.2, 0.25) is 0 Å². The number of nitrogens with zero attached hydrogens (tertiary/aromatic N) is 5. The predicted molar refractivity (Wildman–Crippen MR) is 61.9 cm³/mol. The van der Waals surface area contributed by atoms with Crippen LogP contribution in [0.15, 0.2) is 12.1 Å². The highest BCUT2D eigenvalue weighted by molar-refractivity contribution is 7.16. The maximum Gasteiger partial charge on any atom is 0.324 e. The van der Waals surface area contributed by atoms with Gasteiger partial charge < -0.3 is 5.73 Å². The van der Waals surface area contributed by atoms with Crippen molar-refractivity contribution in [2.24, 2.45) is 0 Å². The second-order valence-electron chi connectivity index (χ2n) is 2.88. The number of hydrogen-bond acceptors (Lipinski definition) is 8. The topological polar surface area (TPSA) is 121 Å². The van der Waals surface area contributed by atoms with Crippen molar-refractivity contribution >= 4 is 34.4 Å². The van der Waals surface area contributed by atoms with Gasteiger partial charge >= 0.3 is 5.00 Å². The maximum absolute atomic E-state index is 10.5. The molecule has 0 spiro atoms. The Morgan fingerprint density at radius 1 is 1.24 bits per heavy atom. The van der Waals surface area contributed by atoms with Crippen molar-refractivity contribution in [3.8, 4) is 0 Å². The molecule has 0 unspecified atom stereocenters. The zero-order chi connectivity index (χ0) is 12.3. The summed E-state index contributed by atoms with van der Waals surface area (Å²) in [6.07, 6.45) is 3.20. The molecule has 0 aliphatic rings. The fraction of sp³-hybridized carbons (Fsp3) is 0. The van der Waals surface area contributed by atoms with Crippen LogP contribution in [0.1, 0.15) is 10.7 Å². The SMILES string of the molecule is Nc1nnc(/C=C/c2ccc([N+](=O)[O-])s2)nn1. The Balaban J connectivity index is 2.14. The molecule has 0 aliphatic carbocycles. The summed E-state index contributed by atoms with van der Waals surface area (Å²) in [5, 5.41) is 24.9. The lowest BCUT2D eigenvalue weighted by Crippen LogP contribution is -2.01. The van der Waals surface area contributed by atoms with Crippen molar-refractivity contribution in [3.63, 3.8) is 0 Å². The molecule has 2 rings (SSSR count). The Bertz CT molecular complexity index is 564. The normalized spacial score (nSPS) is 10.8. The first-order valence-electron chi connectivity index (χ1n) is 4.40. The highest BCUT2D eigenvalue weighted by Crippen LogP contribution is 2.25. The molecule has 2 aromatic heterocycles. The number of nitrogen functional groups attached to an aromatic ring is 1. The van der Waals surface area contributed by atoms with E-state index in [1.54, 1.807) is 18.2 Å². The van der Waals surface area contributed by atoms with Gasteiger partial charge in [0.25, 0.3) is 5.95 Å². The van der Waals surface area contributed by atoms with Crippen molar-refractivity contribution in [3.05, 3.63) is 32.9 Å². The van der Waals surface area contributed by atoms with E-state index in [4.69, 9.17) is 5.73 Å². The van der Waals surface area contributed by atoms with Gasteiger partial charge in [-0.05, 0) is 18.2 Å². The standard InChI is InChI=1S/C8H6N6O2S/c9-8-12-10-6(11-13-8)3-1-5-2-4-7(17-5)14(15)16/h1-4H,(H2,9,12,13)/b3-1+. The zero-order valence-electron chi connectivity index (χ0n) is 8.35. The Labute approximate surface area is 99.0 Å². The molecule has 0 aromatic carbocycles. The third-order valence-corrected chi connectivity index (χ3v) is 2.70. The lowest BCUT2D eigenvalue weighted by molar-refractivity contribution is -0.380. The molecule has 0 radical (unpaired) electrons. The summed E-state index contributed by atoms with van der Waals surface area (Å²) in [5.74, 6) is 0.282. The monoisotopic (exact) mass is 250 g/mol. The van der Waals surface area contributed by atoms with Crippen LogP contribution >= 0.6 is 11.3 Å². The second kappa shape index (κ2) is 4.61. The van der Waals surface area contributed by atoms with Crippen molar-refractivity contribution in [1.82, 2.24) is 20.4 Å². The summed E-state index contributed by atoms with van der Waals surface area (Å²) < 4.78 is 0. The van der Waals surface area contributed by atoms with E-state index in [9.17, 15) is 10.1 Å². The average molecular weight is 250 g/mol. The van der Waals surface area contributed by atoms with Crippen LogP contribution in [0.25, 0.3) is 12.2 Å². The Morgan fingerprint density at radius 3 is 2.53 bits per heavy atom. The van der Waals surface area contributed by atoms with E-state index in [0.29, 0.717) is 0 Å². The Hall–Kier alpha value is -2.42. The van der Waals surface area contributed by atoms with Crippen molar-refractivity contribution in [2.75, 3.05) is 5.73 Å². The molecule has 9 heteroatoms. The van der Waals surface area contributed by atoms with Crippen LogP contribution in [0.3, 0.4) is 0 Å². The summed E-state index contributed by atoms with van der Waals surface area (Å²) in [6, 6.07) is 3.07. The first-order chi connectivity index (χ1) is 8.15. The quantitative estimate of drug-likeness (QED) is 0.636. The van der Waals surface area contributed by atoms with Gasteiger partial charge in [-0.2, -0.15) is 0 Å². The fourth-order valence-corrected chi connectivity index (χ4v) is 1.72. The summed E-state index contributed by atoms with van der Waals surface area (Å²) in [6.45, 7) is 0. The molecule has 0 amide bonds. The van der Waals surface area contributed by atoms with Gasteiger partial charge in [0, 0.05) is 10.9 Å². The molecule has 17 heavy (non-hydrogen) atoms. The summed E-state index contributed by atoms with van der Waals surface area (Å²) >= 11 is 1.06. The fourth-order valence-electron chi connectivity index (χ4n) is 0.998. The van der Waals surface area contributed by atoms with Crippen LogP contribution in [-0.4, -0.2) is 25.3 Å². The summed E-state index contributed by atoms with van der Waals surface area (Å²) in [5.41, 5.74) is 5.23. The van der Waals surface area contributed by atoms with Crippen LogP contribution in [0.4, 0.5) is 10.9 Å². The number of hydrogen-bond donors (Lipinski definition) is 1. The number of nitrogens with two attached hydrogens (primary N) is 1. The van der Waals surface area contributed by atoms with Gasteiger partial charge in [-0.3, -0.25) is 10.1 Å². The van der Waals surface area contributed by atoms with Crippen LogP contribution in [0, 0.1) is 10.1 Å². The maximum atomic E-state index is 10.5. The van der Waals surface area contributed by atoms with Crippen LogP contribution < -0.4 is 5.73 Å². The van der Waals surface area contributed by atoms with Gasteiger partial charge in [-0.15, -0.1) is 20.4 Å². The van der Waals surface area contributed by atoms with Crippen LogP contribution in [0.2, 0.25) is 0 Å². The van der Waals surface area contributed by atoms with Crippen molar-refractivity contribution in [2.45, 2.75) is 0 Å². The molecular formula is C8H6N6O2S. The molecule has 0 fully saturated rings. The first kappa shape index (κ1) is 11.1. The largest absolute Gasteiger partial charge is 0.365 e. The number of aromatic nitrogens is 4. The van der Waals surface area contributed by atoms with Crippen LogP contribution in [-0.2, 0) is 0 Å². The summed E-state index contributed by atoms with van der Waals surface area (Å²) in [4.78, 5) is 10.7. The van der Waals surface area contributed by atoms with E-state index in [1.807, 2.05) is 0 Å². The minimum atomic E-state index is -0.440. The van der Waals surface area contributed by atoms with Gasteiger partial charge in [0.05, 0.1) is 4.92 Å². The highest BCUT2D eigenvalue weighted by atomic mass is 32.1. The molecule has 2 aromatic rings. The molecule has 2 N–H and O–H groups in total. The highest BCUT2D eigenvalue weighted by Gasteiger charge is 2.07. The molecule has 0 saturated heterocycles. The number of anilines is 1. The van der Waals surface area contributed by atoms with Gasteiger partial charge in [-0.25, -0.2) is 0 Å². The minimum Gasteiger partial charge on any atom is -0.365 e. The van der Waals surface area contributed by atoms with Crippen molar-refractivity contribution < 1.29 is 4.92 Å². The molecule has 0 aliphatic heterocycles. The molecule has 86 valence electrons. The second-order valence-corrected chi connectivity index (χ2v) is 3.98. The molecule has 0 atom stereocenters. The van der Waals surface area contributed by atoms with E-state index >= 15 is 0 Å². The third-order valence-electron chi connectivity index (χ3n) is 1.70. The molecule has 8 nitrogen and oxygen atoms in total. The van der Waals surface area contributed by atoms with E-state index in [1.165, 1.54) is 6.07 Å². The zero-order valence-corrected chi connectivity index (χ0v) is 9.16. The van der Waals surface area contributed by atoms with Crippen LogP contribution in [0.5, 0.6) is 0 Å². The van der Waals surface area contributed by atoms with E-state index in [2.05, 4.69) is 20.4 Å². The van der Waals surface area contributed by atoms with E-state index in [-0.39, 0.29) is 16.8 Å². The lowest BCUT2D eigenvalue weighted by atomic mass is 10.4. The predicted octanol–water partition coefficient (Wildman–Crippen LogP) is 0.989. The molecular weight excluding hydrogens is 244 g/mol. The number of nitro groups is 1.